The maximum atomic E-state index is 12.0. The molecule has 0 atom stereocenters. The molecule has 0 bridgehead atoms. The molecule has 1 aliphatic rings. The number of ether oxygens (including phenoxy) is 1. The number of aliphatic imine (C=N–C) groups is 1. The Labute approximate surface area is 148 Å². The van der Waals surface area contributed by atoms with Crippen LogP contribution in [0, 0.1) is 10.1 Å². The Balaban J connectivity index is 1.85. The summed E-state index contributed by atoms with van der Waals surface area (Å²) in [7, 11) is 0. The number of nitro groups is 1. The van der Waals surface area contributed by atoms with Crippen molar-refractivity contribution in [3.05, 3.63) is 75.5 Å². The Kier molecular flexibility index (Phi) is 4.57. The Morgan fingerprint density at radius 2 is 1.96 bits per heavy atom. The van der Waals surface area contributed by atoms with Crippen molar-refractivity contribution in [3.63, 3.8) is 0 Å². The van der Waals surface area contributed by atoms with E-state index in [1.54, 1.807) is 30.3 Å². The van der Waals surface area contributed by atoms with E-state index >= 15 is 0 Å². The number of amides is 1. The zero-order valence-corrected chi connectivity index (χ0v) is 13.6. The lowest BCUT2D eigenvalue weighted by Gasteiger charge is -2.01. The third kappa shape index (κ3) is 3.81. The van der Waals surface area contributed by atoms with Gasteiger partial charge in [0, 0.05) is 30.3 Å². The van der Waals surface area contributed by atoms with Gasteiger partial charge >= 0.3 is 5.97 Å². The zero-order valence-electron chi connectivity index (χ0n) is 13.6. The molecule has 2 aromatic rings. The standard InChI is InChI=1S/C18H13N3O5/c1-11(22)19-14-7-5-12(6-8-14)9-16-18(23)26-17(20-16)13-3-2-4-15(10-13)21(24)25/h2-10H,1H3,(H,19,22). The molecule has 1 aliphatic heterocycles. The van der Waals surface area contributed by atoms with Crippen LogP contribution >= 0.6 is 0 Å². The summed E-state index contributed by atoms with van der Waals surface area (Å²) in [5.74, 6) is -0.807. The van der Waals surface area contributed by atoms with E-state index in [4.69, 9.17) is 4.74 Å². The molecule has 130 valence electrons. The van der Waals surface area contributed by atoms with Crippen molar-refractivity contribution in [2.24, 2.45) is 4.99 Å². The highest BCUT2D eigenvalue weighted by atomic mass is 16.6. The lowest BCUT2D eigenvalue weighted by molar-refractivity contribution is -0.384. The van der Waals surface area contributed by atoms with Gasteiger partial charge < -0.3 is 10.1 Å². The molecule has 0 aromatic heterocycles. The van der Waals surface area contributed by atoms with Crippen molar-refractivity contribution in [1.29, 1.82) is 0 Å². The Morgan fingerprint density at radius 1 is 1.23 bits per heavy atom. The highest BCUT2D eigenvalue weighted by molar-refractivity contribution is 6.13. The van der Waals surface area contributed by atoms with Crippen LogP contribution in [0.1, 0.15) is 18.1 Å². The first-order valence-corrected chi connectivity index (χ1v) is 7.57. The van der Waals surface area contributed by atoms with Crippen molar-refractivity contribution < 1.29 is 19.2 Å². The van der Waals surface area contributed by atoms with Gasteiger partial charge in [0.1, 0.15) is 0 Å². The molecule has 3 rings (SSSR count). The topological polar surface area (TPSA) is 111 Å². The van der Waals surface area contributed by atoms with Crippen molar-refractivity contribution in [2.45, 2.75) is 6.92 Å². The number of hydrogen-bond acceptors (Lipinski definition) is 6. The van der Waals surface area contributed by atoms with E-state index in [2.05, 4.69) is 10.3 Å². The third-order valence-electron chi connectivity index (χ3n) is 3.46. The van der Waals surface area contributed by atoms with Crippen molar-refractivity contribution in [1.82, 2.24) is 0 Å². The number of carbonyl (C=O) groups is 2. The van der Waals surface area contributed by atoms with Crippen LogP contribution in [0.25, 0.3) is 6.08 Å². The summed E-state index contributed by atoms with van der Waals surface area (Å²) < 4.78 is 5.11. The first kappa shape index (κ1) is 17.0. The molecule has 0 radical (unpaired) electrons. The molecular weight excluding hydrogens is 338 g/mol. The second-order valence-corrected chi connectivity index (χ2v) is 5.45. The van der Waals surface area contributed by atoms with Gasteiger partial charge in [-0.15, -0.1) is 0 Å². The van der Waals surface area contributed by atoms with Crippen LogP contribution in [0.15, 0.2) is 59.2 Å². The minimum absolute atomic E-state index is 0.0137. The number of carbonyl (C=O) groups excluding carboxylic acids is 2. The summed E-state index contributed by atoms with van der Waals surface area (Å²) in [5.41, 5.74) is 1.63. The molecule has 0 saturated heterocycles. The third-order valence-corrected chi connectivity index (χ3v) is 3.46. The summed E-state index contributed by atoms with van der Waals surface area (Å²) in [6, 6.07) is 12.5. The van der Waals surface area contributed by atoms with Crippen LogP contribution in [0.4, 0.5) is 11.4 Å². The van der Waals surface area contributed by atoms with Crippen molar-refractivity contribution in [3.8, 4) is 0 Å². The number of nitro benzene ring substituents is 1. The number of nitrogens with one attached hydrogen (secondary N) is 1. The quantitative estimate of drug-likeness (QED) is 0.394. The van der Waals surface area contributed by atoms with E-state index in [0.29, 0.717) is 16.8 Å². The van der Waals surface area contributed by atoms with Crippen LogP contribution in [0.2, 0.25) is 0 Å². The molecule has 0 spiro atoms. The van der Waals surface area contributed by atoms with E-state index in [9.17, 15) is 19.7 Å². The van der Waals surface area contributed by atoms with Crippen molar-refractivity contribution >= 4 is 35.2 Å². The van der Waals surface area contributed by atoms with Crippen LogP contribution in [-0.2, 0) is 14.3 Å². The fourth-order valence-electron chi connectivity index (χ4n) is 2.31. The van der Waals surface area contributed by atoms with Crippen LogP contribution in [0.3, 0.4) is 0 Å². The molecule has 0 aliphatic carbocycles. The minimum atomic E-state index is -0.641. The summed E-state index contributed by atoms with van der Waals surface area (Å²) in [6.45, 7) is 1.41. The van der Waals surface area contributed by atoms with Gasteiger partial charge in [-0.05, 0) is 29.8 Å². The summed E-state index contributed by atoms with van der Waals surface area (Å²) in [6.07, 6.45) is 1.53. The normalized spacial score (nSPS) is 14.7. The Morgan fingerprint density at radius 3 is 2.62 bits per heavy atom. The van der Waals surface area contributed by atoms with E-state index in [1.807, 2.05) is 0 Å². The van der Waals surface area contributed by atoms with Gasteiger partial charge in [0.15, 0.2) is 5.70 Å². The van der Waals surface area contributed by atoms with E-state index in [-0.39, 0.29) is 23.2 Å². The molecule has 8 nitrogen and oxygen atoms in total. The number of nitrogens with zero attached hydrogens (tertiary/aromatic N) is 2. The number of hydrogen-bond donors (Lipinski definition) is 1. The largest absolute Gasteiger partial charge is 0.402 e. The molecule has 1 amide bonds. The van der Waals surface area contributed by atoms with E-state index < -0.39 is 10.9 Å². The smallest absolute Gasteiger partial charge is 0.363 e. The Hall–Kier alpha value is -3.81. The maximum absolute atomic E-state index is 12.0. The average Bonchev–Trinajstić information content (AvgIpc) is 2.97. The molecule has 0 unspecified atom stereocenters. The van der Waals surface area contributed by atoms with E-state index in [0.717, 1.165) is 0 Å². The molecule has 2 aromatic carbocycles. The van der Waals surface area contributed by atoms with Gasteiger partial charge in [0.05, 0.1) is 4.92 Å². The van der Waals surface area contributed by atoms with Crippen molar-refractivity contribution in [2.75, 3.05) is 5.32 Å². The fourth-order valence-corrected chi connectivity index (χ4v) is 2.31. The van der Waals surface area contributed by atoms with Crippen LogP contribution < -0.4 is 5.32 Å². The molecule has 26 heavy (non-hydrogen) atoms. The second kappa shape index (κ2) is 6.98. The molecule has 0 saturated carbocycles. The predicted molar refractivity (Wildman–Crippen MR) is 94.4 cm³/mol. The summed E-state index contributed by atoms with van der Waals surface area (Å²) in [5, 5.41) is 13.5. The number of esters is 1. The lowest BCUT2D eigenvalue weighted by atomic mass is 10.1. The highest BCUT2D eigenvalue weighted by Crippen LogP contribution is 2.22. The first-order valence-electron chi connectivity index (χ1n) is 7.57. The summed E-state index contributed by atoms with van der Waals surface area (Å²) >= 11 is 0. The number of benzene rings is 2. The number of non-ortho nitro benzene ring substituents is 1. The Bertz CT molecular complexity index is 961. The van der Waals surface area contributed by atoms with Gasteiger partial charge in [-0.2, -0.15) is 0 Å². The maximum Gasteiger partial charge on any atom is 0.363 e. The van der Waals surface area contributed by atoms with E-state index in [1.165, 1.54) is 31.2 Å². The zero-order chi connectivity index (χ0) is 18.7. The second-order valence-electron chi connectivity index (χ2n) is 5.45. The molecule has 1 heterocycles. The van der Waals surface area contributed by atoms with Crippen LogP contribution in [0.5, 0.6) is 0 Å². The molecular formula is C18H13N3O5. The number of cyclic esters (lactones) is 1. The van der Waals surface area contributed by atoms with Gasteiger partial charge in [-0.25, -0.2) is 9.79 Å². The first-order chi connectivity index (χ1) is 12.4. The minimum Gasteiger partial charge on any atom is -0.402 e. The predicted octanol–water partition coefficient (Wildman–Crippen LogP) is 2.90. The molecule has 1 N–H and O–H groups in total. The average molecular weight is 351 g/mol. The van der Waals surface area contributed by atoms with Gasteiger partial charge in [0.2, 0.25) is 11.8 Å². The fraction of sp³-hybridized carbons (Fsp3) is 0.0556. The monoisotopic (exact) mass is 351 g/mol. The number of rotatable bonds is 4. The van der Waals surface area contributed by atoms with Gasteiger partial charge in [-0.3, -0.25) is 14.9 Å². The van der Waals surface area contributed by atoms with Gasteiger partial charge in [0.25, 0.3) is 5.69 Å². The number of anilines is 1. The highest BCUT2D eigenvalue weighted by Gasteiger charge is 2.25. The lowest BCUT2D eigenvalue weighted by Crippen LogP contribution is -2.06. The van der Waals surface area contributed by atoms with Gasteiger partial charge in [-0.1, -0.05) is 18.2 Å². The molecule has 0 fully saturated rings. The molecule has 8 heteroatoms. The SMILES string of the molecule is CC(=O)Nc1ccc(C=C2N=C(c3cccc([N+](=O)[O-])c3)OC2=O)cc1. The van der Waals surface area contributed by atoms with Crippen LogP contribution in [-0.4, -0.2) is 22.7 Å². The summed E-state index contributed by atoms with van der Waals surface area (Å²) in [4.78, 5) is 37.4.